The van der Waals surface area contributed by atoms with Gasteiger partial charge in [-0.2, -0.15) is 0 Å². The molecule has 0 aliphatic heterocycles. The summed E-state index contributed by atoms with van der Waals surface area (Å²) in [5.74, 6) is 0.997. The molecule has 4 aromatic rings. The molecule has 3 nitrogen and oxygen atoms in total. The summed E-state index contributed by atoms with van der Waals surface area (Å²) >= 11 is 12.1. The van der Waals surface area contributed by atoms with Crippen molar-refractivity contribution in [3.05, 3.63) is 94.0 Å². The topological polar surface area (TPSA) is 38.9 Å². The molecule has 1 aromatic heterocycles. The third-order valence-electron chi connectivity index (χ3n) is 4.02. The predicted octanol–water partition coefficient (Wildman–Crippen LogP) is 6.88. The lowest BCUT2D eigenvalue weighted by molar-refractivity contribution is 0.584. The zero-order valence-corrected chi connectivity index (χ0v) is 15.7. The highest BCUT2D eigenvalue weighted by Gasteiger charge is 2.09. The highest BCUT2D eigenvalue weighted by Crippen LogP contribution is 2.25. The van der Waals surface area contributed by atoms with Gasteiger partial charge >= 0.3 is 0 Å². The average molecular weight is 393 g/mol. The molecule has 0 N–H and O–H groups in total. The van der Waals surface area contributed by atoms with E-state index in [-0.39, 0.29) is 0 Å². The molecule has 0 atom stereocenters. The van der Waals surface area contributed by atoms with Crippen LogP contribution in [0.3, 0.4) is 0 Å². The Morgan fingerprint density at radius 2 is 1.37 bits per heavy atom. The van der Waals surface area contributed by atoms with E-state index >= 15 is 0 Å². The zero-order valence-electron chi connectivity index (χ0n) is 14.1. The Kier molecular flexibility index (Phi) is 5.05. The predicted molar refractivity (Wildman–Crippen MR) is 111 cm³/mol. The molecule has 132 valence electrons. The van der Waals surface area contributed by atoms with Gasteiger partial charge in [0.15, 0.2) is 0 Å². The van der Waals surface area contributed by atoms with Gasteiger partial charge in [-0.25, -0.2) is 0 Å². The molecule has 0 spiro atoms. The summed E-state index contributed by atoms with van der Waals surface area (Å²) in [5.41, 5.74) is 3.71. The molecular formula is C22H14Cl2N2O. The van der Waals surface area contributed by atoms with Gasteiger partial charge in [-0.3, -0.25) is 0 Å². The van der Waals surface area contributed by atoms with Gasteiger partial charge in [0, 0.05) is 21.2 Å². The van der Waals surface area contributed by atoms with Crippen LogP contribution in [0.5, 0.6) is 0 Å². The largest absolute Gasteiger partial charge is 0.416 e. The van der Waals surface area contributed by atoms with Crippen LogP contribution < -0.4 is 0 Å². The van der Waals surface area contributed by atoms with Crippen molar-refractivity contribution in [2.45, 2.75) is 0 Å². The fourth-order valence-electron chi connectivity index (χ4n) is 2.60. The summed E-state index contributed by atoms with van der Waals surface area (Å²) < 4.78 is 5.78. The molecule has 0 fully saturated rings. The molecule has 3 aromatic carbocycles. The standard InChI is InChI=1S/C22H14Cl2N2O/c23-19-13-12-16(20(24)14-19)9-6-15-7-10-18(11-8-15)22-26-25-21(27-22)17-4-2-1-3-5-17/h1-14H/b9-6+. The van der Waals surface area contributed by atoms with Crippen LogP contribution >= 0.6 is 23.2 Å². The molecule has 0 saturated heterocycles. The maximum Gasteiger partial charge on any atom is 0.248 e. The minimum Gasteiger partial charge on any atom is -0.416 e. The first kappa shape index (κ1) is 17.5. The van der Waals surface area contributed by atoms with Gasteiger partial charge in [-0.1, -0.05) is 71.8 Å². The molecule has 5 heteroatoms. The molecule has 0 saturated carbocycles. The van der Waals surface area contributed by atoms with Crippen molar-refractivity contribution in [3.8, 4) is 22.9 Å². The van der Waals surface area contributed by atoms with Crippen molar-refractivity contribution >= 4 is 35.4 Å². The molecular weight excluding hydrogens is 379 g/mol. The van der Waals surface area contributed by atoms with Crippen molar-refractivity contribution in [1.82, 2.24) is 10.2 Å². The van der Waals surface area contributed by atoms with Crippen LogP contribution in [0, 0.1) is 0 Å². The van der Waals surface area contributed by atoms with Crippen LogP contribution in [0.15, 0.2) is 77.2 Å². The lowest BCUT2D eigenvalue weighted by Gasteiger charge is -2.00. The van der Waals surface area contributed by atoms with E-state index < -0.39 is 0 Å². The second kappa shape index (κ2) is 7.78. The monoisotopic (exact) mass is 392 g/mol. The van der Waals surface area contributed by atoms with E-state index in [0.717, 1.165) is 22.3 Å². The van der Waals surface area contributed by atoms with Crippen molar-refractivity contribution in [1.29, 1.82) is 0 Å². The van der Waals surface area contributed by atoms with Crippen molar-refractivity contribution in [3.63, 3.8) is 0 Å². The van der Waals surface area contributed by atoms with E-state index in [9.17, 15) is 0 Å². The van der Waals surface area contributed by atoms with Crippen LogP contribution in [-0.2, 0) is 0 Å². The van der Waals surface area contributed by atoms with Gasteiger partial charge < -0.3 is 4.42 Å². The Morgan fingerprint density at radius 3 is 2.04 bits per heavy atom. The molecule has 1 heterocycles. The van der Waals surface area contributed by atoms with Crippen LogP contribution in [0.4, 0.5) is 0 Å². The molecule has 0 amide bonds. The summed E-state index contributed by atoms with van der Waals surface area (Å²) in [6.45, 7) is 0. The number of halogens is 2. The first-order valence-corrected chi connectivity index (χ1v) is 9.07. The molecule has 4 rings (SSSR count). The second-order valence-electron chi connectivity index (χ2n) is 5.90. The molecule has 0 aliphatic carbocycles. The van der Waals surface area contributed by atoms with Gasteiger partial charge in [0.05, 0.1) is 0 Å². The number of nitrogens with zero attached hydrogens (tertiary/aromatic N) is 2. The number of hydrogen-bond acceptors (Lipinski definition) is 3. The summed E-state index contributed by atoms with van der Waals surface area (Å²) in [5, 5.41) is 9.50. The first-order valence-electron chi connectivity index (χ1n) is 8.31. The SMILES string of the molecule is Clc1ccc(/C=C/c2ccc(-c3nnc(-c4ccccc4)o3)cc2)c(Cl)c1. The summed E-state index contributed by atoms with van der Waals surface area (Å²) in [6.07, 6.45) is 3.94. The number of rotatable bonds is 4. The Hall–Kier alpha value is -2.88. The minimum atomic E-state index is 0.491. The molecule has 27 heavy (non-hydrogen) atoms. The Morgan fingerprint density at radius 1 is 0.704 bits per heavy atom. The van der Waals surface area contributed by atoms with Crippen molar-refractivity contribution in [2.24, 2.45) is 0 Å². The number of aromatic nitrogens is 2. The fourth-order valence-corrected chi connectivity index (χ4v) is 3.07. The third kappa shape index (κ3) is 4.11. The quantitative estimate of drug-likeness (QED) is 0.355. The lowest BCUT2D eigenvalue weighted by atomic mass is 10.1. The van der Waals surface area contributed by atoms with Crippen LogP contribution in [0.2, 0.25) is 10.0 Å². The smallest absolute Gasteiger partial charge is 0.248 e. The summed E-state index contributed by atoms with van der Waals surface area (Å²) in [7, 11) is 0. The van der Waals surface area contributed by atoms with E-state index in [0.29, 0.717) is 21.8 Å². The van der Waals surface area contributed by atoms with E-state index in [1.54, 1.807) is 6.07 Å². The average Bonchev–Trinajstić information content (AvgIpc) is 3.19. The summed E-state index contributed by atoms with van der Waals surface area (Å²) in [4.78, 5) is 0. The van der Waals surface area contributed by atoms with Crippen LogP contribution in [0.1, 0.15) is 11.1 Å². The molecule has 0 bridgehead atoms. The third-order valence-corrected chi connectivity index (χ3v) is 4.58. The van der Waals surface area contributed by atoms with Crippen molar-refractivity contribution < 1.29 is 4.42 Å². The molecule has 0 aliphatic rings. The van der Waals surface area contributed by atoms with Crippen LogP contribution in [0.25, 0.3) is 35.1 Å². The molecule has 0 radical (unpaired) electrons. The number of benzene rings is 3. The van der Waals surface area contributed by atoms with Gasteiger partial charge in [0.25, 0.3) is 0 Å². The number of hydrogen-bond donors (Lipinski definition) is 0. The highest BCUT2D eigenvalue weighted by atomic mass is 35.5. The zero-order chi connectivity index (χ0) is 18.6. The molecule has 0 unspecified atom stereocenters. The minimum absolute atomic E-state index is 0.491. The van der Waals surface area contributed by atoms with Crippen molar-refractivity contribution in [2.75, 3.05) is 0 Å². The highest BCUT2D eigenvalue weighted by molar-refractivity contribution is 6.35. The van der Waals surface area contributed by atoms with E-state index in [4.69, 9.17) is 27.6 Å². The Labute approximate surface area is 166 Å². The maximum atomic E-state index is 6.19. The Bertz CT molecular complexity index is 1090. The first-order chi connectivity index (χ1) is 13.2. The fraction of sp³-hybridized carbons (Fsp3) is 0. The summed E-state index contributed by atoms with van der Waals surface area (Å²) in [6, 6.07) is 23.0. The van der Waals surface area contributed by atoms with Gasteiger partial charge in [-0.05, 0) is 47.5 Å². The van der Waals surface area contributed by atoms with Gasteiger partial charge in [0.1, 0.15) is 0 Å². The van der Waals surface area contributed by atoms with Gasteiger partial charge in [0.2, 0.25) is 11.8 Å². The second-order valence-corrected chi connectivity index (χ2v) is 6.74. The van der Waals surface area contributed by atoms with E-state index in [2.05, 4.69) is 10.2 Å². The van der Waals surface area contributed by atoms with E-state index in [1.807, 2.05) is 78.9 Å². The maximum absolute atomic E-state index is 6.19. The lowest BCUT2D eigenvalue weighted by Crippen LogP contribution is -1.79. The van der Waals surface area contributed by atoms with Crippen LogP contribution in [-0.4, -0.2) is 10.2 Å². The normalized spacial score (nSPS) is 11.2. The van der Waals surface area contributed by atoms with Gasteiger partial charge in [-0.15, -0.1) is 10.2 Å². The Balaban J connectivity index is 1.52. The van der Waals surface area contributed by atoms with E-state index in [1.165, 1.54) is 0 Å².